The summed E-state index contributed by atoms with van der Waals surface area (Å²) in [7, 11) is 0. The average molecular weight is 278 g/mol. The monoisotopic (exact) mass is 277 g/mol. The Bertz CT molecular complexity index is 605. The van der Waals surface area contributed by atoms with E-state index in [1.54, 1.807) is 30.3 Å². The summed E-state index contributed by atoms with van der Waals surface area (Å²) in [5.74, 6) is 0.611. The Morgan fingerprint density at radius 3 is 2.50 bits per heavy atom. The molecule has 90 valence electrons. The number of halogens is 2. The summed E-state index contributed by atoms with van der Waals surface area (Å²) in [5, 5.41) is 9.81. The van der Waals surface area contributed by atoms with E-state index in [0.29, 0.717) is 28.0 Å². The summed E-state index contributed by atoms with van der Waals surface area (Å²) in [6, 6.07) is 14.4. The molecule has 0 aliphatic heterocycles. The molecular weight excluding hydrogens is 269 g/mol. The van der Waals surface area contributed by atoms with Gasteiger partial charge in [0.1, 0.15) is 12.4 Å². The van der Waals surface area contributed by atoms with Gasteiger partial charge in [0.2, 0.25) is 0 Å². The number of rotatable bonds is 3. The molecule has 0 saturated heterocycles. The average Bonchev–Trinajstić information content (AvgIpc) is 2.39. The lowest BCUT2D eigenvalue weighted by Gasteiger charge is -2.09. The zero-order valence-electron chi connectivity index (χ0n) is 9.36. The summed E-state index contributed by atoms with van der Waals surface area (Å²) in [5.41, 5.74) is 1.34. The van der Waals surface area contributed by atoms with E-state index in [1.165, 1.54) is 0 Å². The van der Waals surface area contributed by atoms with Crippen molar-refractivity contribution in [3.8, 4) is 11.8 Å². The Morgan fingerprint density at radius 2 is 1.83 bits per heavy atom. The van der Waals surface area contributed by atoms with E-state index < -0.39 is 0 Å². The van der Waals surface area contributed by atoms with E-state index in [0.717, 1.165) is 5.56 Å². The van der Waals surface area contributed by atoms with Gasteiger partial charge in [0.05, 0.1) is 16.7 Å². The number of para-hydroxylation sites is 1. The molecule has 0 aromatic heterocycles. The lowest BCUT2D eigenvalue weighted by atomic mass is 10.1. The van der Waals surface area contributed by atoms with Gasteiger partial charge in [-0.05, 0) is 24.3 Å². The first kappa shape index (κ1) is 12.8. The van der Waals surface area contributed by atoms with Crippen LogP contribution in [0.2, 0.25) is 10.0 Å². The third-order valence-corrected chi connectivity index (χ3v) is 3.07. The fourth-order valence-corrected chi connectivity index (χ4v) is 1.88. The van der Waals surface area contributed by atoms with Crippen molar-refractivity contribution in [3.63, 3.8) is 0 Å². The molecule has 2 aromatic rings. The van der Waals surface area contributed by atoms with Crippen LogP contribution >= 0.6 is 23.2 Å². The van der Waals surface area contributed by atoms with Crippen molar-refractivity contribution in [2.24, 2.45) is 0 Å². The van der Waals surface area contributed by atoms with Crippen LogP contribution in [-0.4, -0.2) is 0 Å². The Morgan fingerprint density at radius 1 is 1.06 bits per heavy atom. The second-order valence-corrected chi connectivity index (χ2v) is 4.45. The van der Waals surface area contributed by atoms with Crippen LogP contribution in [0.3, 0.4) is 0 Å². The van der Waals surface area contributed by atoms with Gasteiger partial charge >= 0.3 is 0 Å². The number of benzene rings is 2. The van der Waals surface area contributed by atoms with Gasteiger partial charge in [0, 0.05) is 10.6 Å². The number of hydrogen-bond acceptors (Lipinski definition) is 2. The maximum Gasteiger partial charge on any atom is 0.138 e. The van der Waals surface area contributed by atoms with Gasteiger partial charge in [-0.15, -0.1) is 0 Å². The Labute approximate surface area is 115 Å². The fourth-order valence-electron chi connectivity index (χ4n) is 1.45. The van der Waals surface area contributed by atoms with E-state index in [9.17, 15) is 0 Å². The van der Waals surface area contributed by atoms with Crippen molar-refractivity contribution in [2.75, 3.05) is 0 Å². The maximum atomic E-state index is 8.74. The predicted octanol–water partition coefficient (Wildman–Crippen LogP) is 4.44. The number of nitrogens with zero attached hydrogens (tertiary/aromatic N) is 1. The van der Waals surface area contributed by atoms with Gasteiger partial charge in [-0.2, -0.15) is 5.26 Å². The summed E-state index contributed by atoms with van der Waals surface area (Å²) in [6.45, 7) is 0.314. The number of hydrogen-bond donors (Lipinski definition) is 0. The Balaban J connectivity index is 2.12. The topological polar surface area (TPSA) is 33.0 Å². The van der Waals surface area contributed by atoms with Crippen molar-refractivity contribution in [1.82, 2.24) is 0 Å². The standard InChI is InChI=1S/C14H9Cl2NO/c15-12-3-1-2-4-14(12)18-9-11-6-5-10(8-17)7-13(11)16/h1-7H,9H2. The molecule has 2 rings (SSSR count). The van der Waals surface area contributed by atoms with Crippen molar-refractivity contribution in [2.45, 2.75) is 6.61 Å². The highest BCUT2D eigenvalue weighted by Crippen LogP contribution is 2.25. The van der Waals surface area contributed by atoms with Crippen LogP contribution in [0.25, 0.3) is 0 Å². The van der Waals surface area contributed by atoms with Crippen molar-refractivity contribution in [3.05, 3.63) is 63.6 Å². The zero-order chi connectivity index (χ0) is 13.0. The smallest absolute Gasteiger partial charge is 0.138 e. The second kappa shape index (κ2) is 5.77. The maximum absolute atomic E-state index is 8.74. The third-order valence-electron chi connectivity index (χ3n) is 2.40. The van der Waals surface area contributed by atoms with Crippen LogP contribution in [-0.2, 0) is 6.61 Å². The molecule has 4 heteroatoms. The first-order chi connectivity index (χ1) is 8.70. The molecule has 2 nitrogen and oxygen atoms in total. The molecule has 0 amide bonds. The molecule has 0 unspecified atom stereocenters. The van der Waals surface area contributed by atoms with Crippen molar-refractivity contribution < 1.29 is 4.74 Å². The highest BCUT2D eigenvalue weighted by molar-refractivity contribution is 6.32. The highest BCUT2D eigenvalue weighted by atomic mass is 35.5. The first-order valence-electron chi connectivity index (χ1n) is 5.26. The first-order valence-corrected chi connectivity index (χ1v) is 6.02. The largest absolute Gasteiger partial charge is 0.487 e. The molecule has 0 N–H and O–H groups in total. The van der Waals surface area contributed by atoms with Crippen LogP contribution < -0.4 is 4.74 Å². The molecule has 0 aliphatic rings. The summed E-state index contributed by atoms with van der Waals surface area (Å²) >= 11 is 12.0. The Hall–Kier alpha value is -1.69. The molecule has 0 aliphatic carbocycles. The van der Waals surface area contributed by atoms with Gasteiger partial charge in [-0.25, -0.2) is 0 Å². The van der Waals surface area contributed by atoms with Crippen molar-refractivity contribution in [1.29, 1.82) is 5.26 Å². The second-order valence-electron chi connectivity index (χ2n) is 3.64. The lowest BCUT2D eigenvalue weighted by molar-refractivity contribution is 0.306. The van der Waals surface area contributed by atoms with Crippen LogP contribution in [0.5, 0.6) is 5.75 Å². The quantitative estimate of drug-likeness (QED) is 0.831. The predicted molar refractivity (Wildman–Crippen MR) is 72.0 cm³/mol. The van der Waals surface area contributed by atoms with Crippen LogP contribution in [0.1, 0.15) is 11.1 Å². The third kappa shape index (κ3) is 2.95. The van der Waals surface area contributed by atoms with Gasteiger partial charge in [0.15, 0.2) is 0 Å². The minimum atomic E-state index is 0.314. The highest BCUT2D eigenvalue weighted by Gasteiger charge is 2.04. The van der Waals surface area contributed by atoms with Crippen LogP contribution in [0.15, 0.2) is 42.5 Å². The molecular formula is C14H9Cl2NO. The lowest BCUT2D eigenvalue weighted by Crippen LogP contribution is -1.97. The van der Waals surface area contributed by atoms with E-state index in [1.807, 2.05) is 18.2 Å². The molecule has 18 heavy (non-hydrogen) atoms. The summed E-state index contributed by atoms with van der Waals surface area (Å²) in [4.78, 5) is 0. The molecule has 0 atom stereocenters. The molecule has 2 aromatic carbocycles. The summed E-state index contributed by atoms with van der Waals surface area (Å²) < 4.78 is 5.58. The van der Waals surface area contributed by atoms with Crippen LogP contribution in [0.4, 0.5) is 0 Å². The van der Waals surface area contributed by atoms with Gasteiger partial charge in [0.25, 0.3) is 0 Å². The van der Waals surface area contributed by atoms with E-state index in [2.05, 4.69) is 0 Å². The normalized spacial score (nSPS) is 9.83. The van der Waals surface area contributed by atoms with Crippen LogP contribution in [0, 0.1) is 11.3 Å². The molecule has 0 spiro atoms. The SMILES string of the molecule is N#Cc1ccc(COc2ccccc2Cl)c(Cl)c1. The van der Waals surface area contributed by atoms with E-state index in [4.69, 9.17) is 33.2 Å². The number of ether oxygens (including phenoxy) is 1. The molecule has 0 fully saturated rings. The molecule has 0 bridgehead atoms. The van der Waals surface area contributed by atoms with Crippen molar-refractivity contribution >= 4 is 23.2 Å². The van der Waals surface area contributed by atoms with Gasteiger partial charge in [-0.3, -0.25) is 0 Å². The minimum absolute atomic E-state index is 0.314. The number of nitriles is 1. The molecule has 0 heterocycles. The fraction of sp³-hybridized carbons (Fsp3) is 0.0714. The zero-order valence-corrected chi connectivity index (χ0v) is 10.9. The minimum Gasteiger partial charge on any atom is -0.487 e. The molecule has 0 saturated carbocycles. The van der Waals surface area contributed by atoms with E-state index in [-0.39, 0.29) is 0 Å². The molecule has 0 radical (unpaired) electrons. The Kier molecular flexibility index (Phi) is 4.09. The summed E-state index contributed by atoms with van der Waals surface area (Å²) in [6.07, 6.45) is 0. The van der Waals surface area contributed by atoms with Gasteiger partial charge in [-0.1, -0.05) is 41.4 Å². The van der Waals surface area contributed by atoms with E-state index >= 15 is 0 Å². The van der Waals surface area contributed by atoms with Gasteiger partial charge < -0.3 is 4.74 Å².